The molecule has 0 aliphatic rings. The molecule has 1 aromatic heterocycles. The molecule has 1 N–H and O–H groups in total. The Kier molecular flexibility index (Phi) is 8.30. The van der Waals surface area contributed by atoms with Crippen molar-refractivity contribution < 1.29 is 4.74 Å². The van der Waals surface area contributed by atoms with Crippen molar-refractivity contribution in [3.63, 3.8) is 0 Å². The number of hydrogen-bond acceptors (Lipinski definition) is 3. The second kappa shape index (κ2) is 9.95. The van der Waals surface area contributed by atoms with Gasteiger partial charge < -0.3 is 10.1 Å². The molecule has 4 heteroatoms. The van der Waals surface area contributed by atoms with E-state index in [0.29, 0.717) is 0 Å². The Balaban J connectivity index is 1.96. The zero-order chi connectivity index (χ0) is 13.1. The van der Waals surface area contributed by atoms with Crippen molar-refractivity contribution in [2.45, 2.75) is 52.5 Å². The number of aromatic nitrogens is 2. The molecule has 0 aromatic carbocycles. The molecule has 0 aliphatic carbocycles. The van der Waals surface area contributed by atoms with Gasteiger partial charge in [-0.05, 0) is 32.4 Å². The van der Waals surface area contributed by atoms with Gasteiger partial charge in [-0.3, -0.25) is 4.68 Å². The van der Waals surface area contributed by atoms with E-state index in [2.05, 4.69) is 24.3 Å². The fraction of sp³-hybridized carbons (Fsp3) is 0.786. The average molecular weight is 253 g/mol. The molecule has 18 heavy (non-hydrogen) atoms. The summed E-state index contributed by atoms with van der Waals surface area (Å²) in [6, 6.07) is 0. The lowest BCUT2D eigenvalue weighted by molar-refractivity contribution is 0.304. The Morgan fingerprint density at radius 3 is 2.83 bits per heavy atom. The summed E-state index contributed by atoms with van der Waals surface area (Å²) < 4.78 is 7.60. The molecule has 1 rings (SSSR count). The molecular weight excluding hydrogens is 226 g/mol. The van der Waals surface area contributed by atoms with Crippen LogP contribution in [0.3, 0.4) is 0 Å². The monoisotopic (exact) mass is 253 g/mol. The molecule has 1 heterocycles. The van der Waals surface area contributed by atoms with Gasteiger partial charge >= 0.3 is 0 Å². The van der Waals surface area contributed by atoms with Gasteiger partial charge in [0.25, 0.3) is 0 Å². The molecule has 0 saturated heterocycles. The van der Waals surface area contributed by atoms with Crippen LogP contribution in [-0.2, 0) is 6.54 Å². The van der Waals surface area contributed by atoms with Crippen LogP contribution in [0, 0.1) is 0 Å². The van der Waals surface area contributed by atoms with Crippen LogP contribution in [0.2, 0.25) is 0 Å². The lowest BCUT2D eigenvalue weighted by atomic mass is 10.2. The summed E-state index contributed by atoms with van der Waals surface area (Å²) in [6.45, 7) is 8.28. The summed E-state index contributed by atoms with van der Waals surface area (Å²) in [5.74, 6) is 0.899. The summed E-state index contributed by atoms with van der Waals surface area (Å²) in [5, 5.41) is 7.58. The van der Waals surface area contributed by atoms with Crippen molar-refractivity contribution in [1.82, 2.24) is 15.1 Å². The molecule has 0 atom stereocenters. The number of unbranched alkanes of at least 4 members (excludes halogenated alkanes) is 3. The van der Waals surface area contributed by atoms with Crippen molar-refractivity contribution in [3.05, 3.63) is 12.4 Å². The number of aryl methyl sites for hydroxylation is 1. The van der Waals surface area contributed by atoms with Gasteiger partial charge in [0.2, 0.25) is 0 Å². The van der Waals surface area contributed by atoms with Gasteiger partial charge in [-0.1, -0.05) is 26.7 Å². The summed E-state index contributed by atoms with van der Waals surface area (Å²) in [7, 11) is 0. The minimum absolute atomic E-state index is 0.805. The molecule has 4 nitrogen and oxygen atoms in total. The smallest absolute Gasteiger partial charge is 0.157 e. The molecule has 0 aliphatic heterocycles. The van der Waals surface area contributed by atoms with Gasteiger partial charge in [-0.15, -0.1) is 0 Å². The molecule has 1 aromatic rings. The van der Waals surface area contributed by atoms with Crippen molar-refractivity contribution in [2.75, 3.05) is 19.7 Å². The minimum Gasteiger partial charge on any atom is -0.490 e. The first-order valence-corrected chi connectivity index (χ1v) is 7.22. The highest BCUT2D eigenvalue weighted by Gasteiger charge is 1.98. The highest BCUT2D eigenvalue weighted by Crippen LogP contribution is 2.09. The van der Waals surface area contributed by atoms with Gasteiger partial charge in [0.05, 0.1) is 19.0 Å². The van der Waals surface area contributed by atoms with Crippen LogP contribution < -0.4 is 10.1 Å². The average Bonchev–Trinajstić information content (AvgIpc) is 2.81. The second-order valence-electron chi connectivity index (χ2n) is 4.56. The van der Waals surface area contributed by atoms with Crippen LogP contribution in [0.15, 0.2) is 12.4 Å². The largest absolute Gasteiger partial charge is 0.490 e. The van der Waals surface area contributed by atoms with Crippen LogP contribution in [-0.4, -0.2) is 29.5 Å². The third-order valence-corrected chi connectivity index (χ3v) is 2.83. The number of rotatable bonds is 11. The highest BCUT2D eigenvalue weighted by atomic mass is 16.5. The topological polar surface area (TPSA) is 39.1 Å². The molecule has 0 radical (unpaired) electrons. The molecule has 0 fully saturated rings. The van der Waals surface area contributed by atoms with Crippen LogP contribution in [0.4, 0.5) is 0 Å². The fourth-order valence-corrected chi connectivity index (χ4v) is 1.84. The zero-order valence-corrected chi connectivity index (χ0v) is 11.8. The Bertz CT molecular complexity index is 299. The first-order valence-electron chi connectivity index (χ1n) is 7.22. The molecular formula is C14H27N3O. The molecule has 104 valence electrons. The van der Waals surface area contributed by atoms with Crippen LogP contribution in [0.5, 0.6) is 5.75 Å². The van der Waals surface area contributed by atoms with E-state index in [0.717, 1.165) is 44.8 Å². The maximum Gasteiger partial charge on any atom is 0.157 e. The number of hydrogen-bond donors (Lipinski definition) is 1. The quantitative estimate of drug-likeness (QED) is 0.616. The van der Waals surface area contributed by atoms with Gasteiger partial charge in [-0.2, -0.15) is 5.10 Å². The van der Waals surface area contributed by atoms with Crippen LogP contribution >= 0.6 is 0 Å². The Morgan fingerprint density at radius 2 is 2.06 bits per heavy atom. The van der Waals surface area contributed by atoms with E-state index in [4.69, 9.17) is 4.74 Å². The standard InChI is InChI=1S/C14H27N3O/c1-3-10-17-13-14(12-16-17)18-11-8-6-5-7-9-15-4-2/h12-13,15H,3-11H2,1-2H3. The van der Waals surface area contributed by atoms with Crippen molar-refractivity contribution >= 4 is 0 Å². The van der Waals surface area contributed by atoms with Gasteiger partial charge in [0.1, 0.15) is 0 Å². The molecule has 0 bridgehead atoms. The normalized spacial score (nSPS) is 10.8. The SMILES string of the molecule is CCCn1cc(OCCCCCCNCC)cn1. The van der Waals surface area contributed by atoms with Crippen molar-refractivity contribution in [1.29, 1.82) is 0 Å². The summed E-state index contributed by atoms with van der Waals surface area (Å²) in [4.78, 5) is 0. The Morgan fingerprint density at radius 1 is 1.22 bits per heavy atom. The maximum atomic E-state index is 5.66. The van der Waals surface area contributed by atoms with Gasteiger partial charge in [-0.25, -0.2) is 0 Å². The van der Waals surface area contributed by atoms with Crippen molar-refractivity contribution in [3.8, 4) is 5.75 Å². The van der Waals surface area contributed by atoms with Gasteiger partial charge in [0.15, 0.2) is 5.75 Å². The fourth-order valence-electron chi connectivity index (χ4n) is 1.84. The second-order valence-corrected chi connectivity index (χ2v) is 4.56. The number of ether oxygens (including phenoxy) is 1. The first kappa shape index (κ1) is 15.0. The third-order valence-electron chi connectivity index (χ3n) is 2.83. The predicted octanol–water partition coefficient (Wildman–Crippen LogP) is 2.84. The lowest BCUT2D eigenvalue weighted by Crippen LogP contribution is -2.13. The zero-order valence-electron chi connectivity index (χ0n) is 11.8. The molecule has 0 saturated carbocycles. The first-order chi connectivity index (χ1) is 8.86. The molecule has 0 amide bonds. The summed E-state index contributed by atoms with van der Waals surface area (Å²) >= 11 is 0. The van der Waals surface area contributed by atoms with E-state index in [1.54, 1.807) is 6.20 Å². The van der Waals surface area contributed by atoms with Gasteiger partial charge in [0, 0.05) is 6.54 Å². The van der Waals surface area contributed by atoms with Crippen molar-refractivity contribution in [2.24, 2.45) is 0 Å². The third kappa shape index (κ3) is 6.64. The predicted molar refractivity (Wildman–Crippen MR) is 75.0 cm³/mol. The Hall–Kier alpha value is -1.03. The van der Waals surface area contributed by atoms with Crippen LogP contribution in [0.25, 0.3) is 0 Å². The Labute approximate surface area is 111 Å². The lowest BCUT2D eigenvalue weighted by Gasteiger charge is -2.04. The summed E-state index contributed by atoms with van der Waals surface area (Å²) in [5.41, 5.74) is 0. The molecule has 0 spiro atoms. The van der Waals surface area contributed by atoms with E-state index in [1.807, 2.05) is 10.9 Å². The summed E-state index contributed by atoms with van der Waals surface area (Å²) in [6.07, 6.45) is 9.82. The van der Waals surface area contributed by atoms with E-state index in [-0.39, 0.29) is 0 Å². The van der Waals surface area contributed by atoms with E-state index >= 15 is 0 Å². The van der Waals surface area contributed by atoms with Crippen LogP contribution in [0.1, 0.15) is 46.0 Å². The van der Waals surface area contributed by atoms with E-state index in [9.17, 15) is 0 Å². The highest BCUT2D eigenvalue weighted by molar-refractivity contribution is 5.11. The number of nitrogens with zero attached hydrogens (tertiary/aromatic N) is 2. The van der Waals surface area contributed by atoms with E-state index in [1.165, 1.54) is 19.3 Å². The number of nitrogens with one attached hydrogen (secondary N) is 1. The minimum atomic E-state index is 0.805. The molecule has 0 unspecified atom stereocenters. The van der Waals surface area contributed by atoms with E-state index < -0.39 is 0 Å². The maximum absolute atomic E-state index is 5.66.